The van der Waals surface area contributed by atoms with Gasteiger partial charge >= 0.3 is 0 Å². The zero-order chi connectivity index (χ0) is 11.4. The average molecular weight is 210 g/mol. The first kappa shape index (κ1) is 11.5. The summed E-state index contributed by atoms with van der Waals surface area (Å²) in [5.74, 6) is -0.328. The fourth-order valence-electron chi connectivity index (χ4n) is 1.24. The van der Waals surface area contributed by atoms with E-state index in [0.717, 1.165) is 0 Å². The number of carbonyl (C=O) groups is 1. The Hall–Kier alpha value is -1.62. The number of likely N-dealkylation sites (N-methyl/N-ethyl adjacent to an activating group) is 1. The third-order valence-corrected chi connectivity index (χ3v) is 1.86. The highest BCUT2D eigenvalue weighted by molar-refractivity contribution is 5.94. The van der Waals surface area contributed by atoms with E-state index in [1.54, 1.807) is 14.0 Å². The summed E-state index contributed by atoms with van der Waals surface area (Å²) in [5.41, 5.74) is 0.304. The van der Waals surface area contributed by atoms with Crippen molar-refractivity contribution in [1.82, 2.24) is 9.88 Å². The molecule has 1 amide bonds. The number of hydrogen-bond acceptors (Lipinski definition) is 4. The second kappa shape index (κ2) is 4.75. The van der Waals surface area contributed by atoms with Crippen LogP contribution in [-0.2, 0) is 0 Å². The number of hydrogen-bond donors (Lipinski definition) is 2. The minimum absolute atomic E-state index is 0.0497. The molecule has 5 nitrogen and oxygen atoms in total. The predicted molar refractivity (Wildman–Crippen MR) is 54.5 cm³/mol. The number of nitrogens with zero attached hydrogens (tertiary/aromatic N) is 2. The van der Waals surface area contributed by atoms with E-state index in [4.69, 9.17) is 10.2 Å². The molecule has 1 heterocycles. The van der Waals surface area contributed by atoms with Crippen LogP contribution in [0.2, 0.25) is 0 Å². The van der Waals surface area contributed by atoms with Gasteiger partial charge in [-0.3, -0.25) is 9.78 Å². The van der Waals surface area contributed by atoms with Gasteiger partial charge < -0.3 is 15.1 Å². The molecule has 0 saturated carbocycles. The van der Waals surface area contributed by atoms with Crippen molar-refractivity contribution in [1.29, 1.82) is 0 Å². The van der Waals surface area contributed by atoms with Crippen LogP contribution in [0.15, 0.2) is 18.5 Å². The molecule has 0 spiro atoms. The molecular weight excluding hydrogens is 196 g/mol. The van der Waals surface area contributed by atoms with Crippen molar-refractivity contribution in [3.63, 3.8) is 0 Å². The van der Waals surface area contributed by atoms with Crippen LogP contribution in [0.25, 0.3) is 0 Å². The summed E-state index contributed by atoms with van der Waals surface area (Å²) < 4.78 is 0. The van der Waals surface area contributed by atoms with Crippen molar-refractivity contribution < 1.29 is 15.0 Å². The van der Waals surface area contributed by atoms with Crippen molar-refractivity contribution in [3.8, 4) is 5.75 Å². The molecule has 1 rings (SSSR count). The summed E-state index contributed by atoms with van der Waals surface area (Å²) in [5, 5.41) is 18.3. The zero-order valence-corrected chi connectivity index (χ0v) is 8.71. The predicted octanol–water partition coefficient (Wildman–Crippen LogP) is 0.240. The number of rotatable bonds is 3. The molecule has 0 radical (unpaired) electrons. The van der Waals surface area contributed by atoms with Crippen molar-refractivity contribution in [2.75, 3.05) is 13.6 Å². The monoisotopic (exact) mass is 210 g/mol. The molecule has 0 aliphatic heterocycles. The summed E-state index contributed by atoms with van der Waals surface area (Å²) in [4.78, 5) is 16.8. The largest absolute Gasteiger partial charge is 0.506 e. The SMILES string of the molecule is CC(O)CN(C)C(=O)c1cncc(O)c1. The maximum Gasteiger partial charge on any atom is 0.255 e. The Balaban J connectivity index is 2.76. The first-order valence-electron chi connectivity index (χ1n) is 4.58. The van der Waals surface area contributed by atoms with Crippen molar-refractivity contribution >= 4 is 5.91 Å². The number of aliphatic hydroxyl groups is 1. The van der Waals surface area contributed by atoms with Crippen LogP contribution >= 0.6 is 0 Å². The van der Waals surface area contributed by atoms with E-state index in [9.17, 15) is 4.79 Å². The van der Waals surface area contributed by atoms with Gasteiger partial charge in [0.25, 0.3) is 5.91 Å². The van der Waals surface area contributed by atoms with E-state index in [1.165, 1.54) is 23.4 Å². The third kappa shape index (κ3) is 3.21. The van der Waals surface area contributed by atoms with Gasteiger partial charge in [0.15, 0.2) is 0 Å². The maximum absolute atomic E-state index is 11.7. The zero-order valence-electron chi connectivity index (χ0n) is 8.71. The van der Waals surface area contributed by atoms with Gasteiger partial charge in [0.1, 0.15) is 5.75 Å². The number of amides is 1. The van der Waals surface area contributed by atoms with Crippen LogP contribution in [0.3, 0.4) is 0 Å². The molecule has 0 aromatic carbocycles. The van der Waals surface area contributed by atoms with Crippen molar-refractivity contribution in [2.45, 2.75) is 13.0 Å². The second-order valence-electron chi connectivity index (χ2n) is 3.47. The molecular formula is C10H14N2O3. The highest BCUT2D eigenvalue weighted by Gasteiger charge is 2.13. The molecule has 1 unspecified atom stereocenters. The molecule has 0 bridgehead atoms. The van der Waals surface area contributed by atoms with Gasteiger partial charge in [0.2, 0.25) is 0 Å². The standard InChI is InChI=1S/C10H14N2O3/c1-7(13)6-12(2)10(15)8-3-9(14)5-11-4-8/h3-5,7,13-14H,6H2,1-2H3. The van der Waals surface area contributed by atoms with E-state index < -0.39 is 6.10 Å². The highest BCUT2D eigenvalue weighted by Crippen LogP contribution is 2.10. The number of aliphatic hydroxyl groups excluding tert-OH is 1. The molecule has 1 aromatic heterocycles. The fourth-order valence-corrected chi connectivity index (χ4v) is 1.24. The lowest BCUT2D eigenvalue weighted by molar-refractivity contribution is 0.0703. The Labute approximate surface area is 88.0 Å². The lowest BCUT2D eigenvalue weighted by atomic mass is 10.2. The summed E-state index contributed by atoms with van der Waals surface area (Å²) in [7, 11) is 1.58. The van der Waals surface area contributed by atoms with Gasteiger partial charge in [-0.25, -0.2) is 0 Å². The molecule has 15 heavy (non-hydrogen) atoms. The summed E-state index contributed by atoms with van der Waals surface area (Å²) in [6, 6.07) is 1.34. The van der Waals surface area contributed by atoms with Gasteiger partial charge in [-0.05, 0) is 13.0 Å². The van der Waals surface area contributed by atoms with E-state index in [1.807, 2.05) is 0 Å². The topological polar surface area (TPSA) is 73.7 Å². The van der Waals surface area contributed by atoms with Gasteiger partial charge in [-0.15, -0.1) is 0 Å². The summed E-state index contributed by atoms with van der Waals surface area (Å²) in [6.07, 6.45) is 2.05. The van der Waals surface area contributed by atoms with E-state index in [-0.39, 0.29) is 18.2 Å². The Morgan fingerprint density at radius 1 is 1.60 bits per heavy atom. The van der Waals surface area contributed by atoms with E-state index in [2.05, 4.69) is 4.98 Å². The third-order valence-electron chi connectivity index (χ3n) is 1.86. The summed E-state index contributed by atoms with van der Waals surface area (Å²) in [6.45, 7) is 1.85. The number of aromatic hydroxyl groups is 1. The average Bonchev–Trinajstić information content (AvgIpc) is 2.15. The van der Waals surface area contributed by atoms with E-state index >= 15 is 0 Å². The second-order valence-corrected chi connectivity index (χ2v) is 3.47. The van der Waals surface area contributed by atoms with Gasteiger partial charge in [-0.1, -0.05) is 0 Å². The maximum atomic E-state index is 11.7. The first-order valence-corrected chi connectivity index (χ1v) is 4.58. The molecule has 1 atom stereocenters. The smallest absolute Gasteiger partial charge is 0.255 e. The summed E-state index contributed by atoms with van der Waals surface area (Å²) >= 11 is 0. The molecule has 82 valence electrons. The molecule has 0 saturated heterocycles. The van der Waals surface area contributed by atoms with Gasteiger partial charge in [0, 0.05) is 19.8 Å². The molecule has 5 heteroatoms. The van der Waals surface area contributed by atoms with Crippen LogP contribution in [0, 0.1) is 0 Å². The van der Waals surface area contributed by atoms with Crippen LogP contribution < -0.4 is 0 Å². The Kier molecular flexibility index (Phi) is 3.62. The Bertz CT molecular complexity index is 352. The molecule has 0 aliphatic carbocycles. The van der Waals surface area contributed by atoms with Crippen LogP contribution in [-0.4, -0.2) is 45.7 Å². The van der Waals surface area contributed by atoms with E-state index in [0.29, 0.717) is 5.56 Å². The fraction of sp³-hybridized carbons (Fsp3) is 0.400. The molecule has 0 aliphatic rings. The highest BCUT2D eigenvalue weighted by atomic mass is 16.3. The van der Waals surface area contributed by atoms with Gasteiger partial charge in [-0.2, -0.15) is 0 Å². The Morgan fingerprint density at radius 2 is 2.27 bits per heavy atom. The minimum atomic E-state index is -0.579. The minimum Gasteiger partial charge on any atom is -0.506 e. The lowest BCUT2D eigenvalue weighted by Crippen LogP contribution is -2.33. The van der Waals surface area contributed by atoms with Crippen LogP contribution in [0.1, 0.15) is 17.3 Å². The number of aromatic nitrogens is 1. The lowest BCUT2D eigenvalue weighted by Gasteiger charge is -2.18. The van der Waals surface area contributed by atoms with Crippen molar-refractivity contribution in [2.24, 2.45) is 0 Å². The van der Waals surface area contributed by atoms with Gasteiger partial charge in [0.05, 0.1) is 17.9 Å². The number of pyridine rings is 1. The molecule has 0 fully saturated rings. The normalized spacial score (nSPS) is 12.2. The quantitative estimate of drug-likeness (QED) is 0.749. The molecule has 1 aromatic rings. The van der Waals surface area contributed by atoms with Crippen molar-refractivity contribution in [3.05, 3.63) is 24.0 Å². The first-order chi connectivity index (χ1) is 7.00. The number of carbonyl (C=O) groups excluding carboxylic acids is 1. The molecule has 2 N–H and O–H groups in total. The van der Waals surface area contributed by atoms with Crippen LogP contribution in [0.5, 0.6) is 5.75 Å². The Morgan fingerprint density at radius 3 is 2.80 bits per heavy atom. The van der Waals surface area contributed by atoms with Crippen LogP contribution in [0.4, 0.5) is 0 Å².